The molecule has 34 heavy (non-hydrogen) atoms. The van der Waals surface area contributed by atoms with Crippen molar-refractivity contribution in [3.05, 3.63) is 87.6 Å². The Labute approximate surface area is 202 Å². The minimum Gasteiger partial charge on any atom is -0.494 e. The van der Waals surface area contributed by atoms with Crippen LogP contribution < -0.4 is 15.6 Å². The Bertz CT molecular complexity index is 1330. The molecule has 4 aromatic rings. The zero-order chi connectivity index (χ0) is 23.9. The number of rotatable bonds is 10. The quantitative estimate of drug-likeness (QED) is 0.348. The number of halogens is 1. The molecule has 0 saturated heterocycles. The molecule has 2 heterocycles. The molecule has 0 aliphatic carbocycles. The maximum absolute atomic E-state index is 12.9. The number of carbonyl (C=O) groups is 1. The third-order valence-electron chi connectivity index (χ3n) is 5.36. The van der Waals surface area contributed by atoms with E-state index < -0.39 is 0 Å². The Hall–Kier alpha value is -3.65. The number of aromatic nitrogens is 4. The molecule has 0 aliphatic rings. The van der Waals surface area contributed by atoms with E-state index in [4.69, 9.17) is 16.3 Å². The lowest BCUT2D eigenvalue weighted by Crippen LogP contribution is -2.27. The van der Waals surface area contributed by atoms with Crippen LogP contribution in [-0.4, -0.2) is 38.4 Å². The third-order valence-corrected chi connectivity index (χ3v) is 5.59. The zero-order valence-corrected chi connectivity index (χ0v) is 19.7. The number of carbonyl (C=O) groups excluding carboxylic acids is 1. The maximum Gasteiger partial charge on any atom is 0.264 e. The van der Waals surface area contributed by atoms with Crippen LogP contribution in [0.4, 0.5) is 0 Å². The molecule has 1 amide bonds. The summed E-state index contributed by atoms with van der Waals surface area (Å²) in [6.45, 7) is 3.87. The molecule has 0 radical (unpaired) electrons. The van der Waals surface area contributed by atoms with Gasteiger partial charge in [-0.25, -0.2) is 9.67 Å². The number of unbranched alkanes of at least 4 members (excludes halogenated alkanes) is 1. The predicted molar refractivity (Wildman–Crippen MR) is 132 cm³/mol. The van der Waals surface area contributed by atoms with Gasteiger partial charge in [0.25, 0.3) is 11.5 Å². The van der Waals surface area contributed by atoms with Crippen molar-refractivity contribution in [3.63, 3.8) is 0 Å². The first-order chi connectivity index (χ1) is 16.5. The summed E-state index contributed by atoms with van der Waals surface area (Å²) in [6, 6.07) is 14.4. The van der Waals surface area contributed by atoms with Crippen LogP contribution >= 0.6 is 11.6 Å². The van der Waals surface area contributed by atoms with Gasteiger partial charge in [-0.05, 0) is 48.4 Å². The lowest BCUT2D eigenvalue weighted by molar-refractivity contribution is 0.0952. The van der Waals surface area contributed by atoms with Gasteiger partial charge in [-0.3, -0.25) is 14.2 Å². The molecule has 0 bridgehead atoms. The SMILES string of the molecule is CCCCOc1ccc(C(=O)NCCn2ncc3c(=O)n(Cc4cccc(Cl)c4)cnc32)cc1. The fourth-order valence-corrected chi connectivity index (χ4v) is 3.73. The molecule has 9 heteroatoms. The van der Waals surface area contributed by atoms with Gasteiger partial charge in [-0.1, -0.05) is 37.1 Å². The van der Waals surface area contributed by atoms with Crippen LogP contribution in [0.25, 0.3) is 11.0 Å². The monoisotopic (exact) mass is 479 g/mol. The highest BCUT2D eigenvalue weighted by molar-refractivity contribution is 6.30. The fourth-order valence-electron chi connectivity index (χ4n) is 3.52. The number of hydrogen-bond donors (Lipinski definition) is 1. The normalized spacial score (nSPS) is 11.0. The molecule has 0 saturated carbocycles. The fraction of sp³-hybridized carbons (Fsp3) is 0.280. The Morgan fingerprint density at radius 2 is 2.00 bits per heavy atom. The van der Waals surface area contributed by atoms with E-state index in [1.54, 1.807) is 35.0 Å². The second-order valence-corrected chi connectivity index (χ2v) is 8.33. The highest BCUT2D eigenvalue weighted by Crippen LogP contribution is 2.14. The summed E-state index contributed by atoms with van der Waals surface area (Å²) < 4.78 is 8.77. The minimum absolute atomic E-state index is 0.179. The molecule has 1 N–H and O–H groups in total. The molecule has 4 rings (SSSR count). The van der Waals surface area contributed by atoms with Crippen LogP contribution in [0.5, 0.6) is 5.75 Å². The second kappa shape index (κ2) is 11.0. The van der Waals surface area contributed by atoms with Crippen LogP contribution in [0.15, 0.2) is 65.8 Å². The standard InChI is InChI=1S/C25H26ClN5O3/c1-2-3-13-34-21-9-7-19(8-10-21)24(32)27-11-12-31-23-22(15-29-31)25(33)30(17-28-23)16-18-5-4-6-20(26)14-18/h4-10,14-15,17H,2-3,11-13,16H2,1H3,(H,27,32). The van der Waals surface area contributed by atoms with E-state index in [0.29, 0.717) is 47.9 Å². The smallest absolute Gasteiger partial charge is 0.264 e. The van der Waals surface area contributed by atoms with Crippen molar-refractivity contribution in [2.75, 3.05) is 13.2 Å². The van der Waals surface area contributed by atoms with Crippen LogP contribution in [0.1, 0.15) is 35.7 Å². The Kier molecular flexibility index (Phi) is 7.59. The predicted octanol–water partition coefficient (Wildman–Crippen LogP) is 3.90. The van der Waals surface area contributed by atoms with E-state index in [2.05, 4.69) is 22.3 Å². The van der Waals surface area contributed by atoms with Crippen LogP contribution in [0, 0.1) is 0 Å². The molecule has 2 aromatic heterocycles. The zero-order valence-electron chi connectivity index (χ0n) is 18.9. The molecule has 0 spiro atoms. The van der Waals surface area contributed by atoms with Crippen molar-refractivity contribution < 1.29 is 9.53 Å². The van der Waals surface area contributed by atoms with Gasteiger partial charge < -0.3 is 10.1 Å². The average Bonchev–Trinajstić information content (AvgIpc) is 3.25. The highest BCUT2D eigenvalue weighted by atomic mass is 35.5. The van der Waals surface area contributed by atoms with E-state index in [1.807, 2.05) is 18.2 Å². The number of benzene rings is 2. The number of hydrogen-bond acceptors (Lipinski definition) is 5. The second-order valence-electron chi connectivity index (χ2n) is 7.89. The summed E-state index contributed by atoms with van der Waals surface area (Å²) in [6.07, 6.45) is 5.08. The highest BCUT2D eigenvalue weighted by Gasteiger charge is 2.11. The summed E-state index contributed by atoms with van der Waals surface area (Å²) in [4.78, 5) is 29.7. The summed E-state index contributed by atoms with van der Waals surface area (Å²) in [7, 11) is 0. The van der Waals surface area contributed by atoms with Crippen molar-refractivity contribution in [2.45, 2.75) is 32.9 Å². The van der Waals surface area contributed by atoms with Gasteiger partial charge in [0.05, 0.1) is 25.9 Å². The van der Waals surface area contributed by atoms with Crippen molar-refractivity contribution in [1.82, 2.24) is 24.6 Å². The molecular formula is C25H26ClN5O3. The molecule has 2 aromatic carbocycles. The van der Waals surface area contributed by atoms with Gasteiger partial charge in [0.2, 0.25) is 0 Å². The van der Waals surface area contributed by atoms with Crippen molar-refractivity contribution in [2.24, 2.45) is 0 Å². The van der Waals surface area contributed by atoms with Gasteiger partial charge in [0.15, 0.2) is 5.65 Å². The molecule has 0 atom stereocenters. The Morgan fingerprint density at radius 1 is 1.18 bits per heavy atom. The number of nitrogens with zero attached hydrogens (tertiary/aromatic N) is 4. The molecular weight excluding hydrogens is 454 g/mol. The molecule has 176 valence electrons. The summed E-state index contributed by atoms with van der Waals surface area (Å²) in [5.74, 6) is 0.563. The molecule has 0 unspecified atom stereocenters. The van der Waals surface area contributed by atoms with E-state index >= 15 is 0 Å². The molecule has 0 fully saturated rings. The number of nitrogens with one attached hydrogen (secondary N) is 1. The molecule has 0 aliphatic heterocycles. The minimum atomic E-state index is -0.187. The van der Waals surface area contributed by atoms with E-state index in [0.717, 1.165) is 24.2 Å². The van der Waals surface area contributed by atoms with E-state index in [9.17, 15) is 9.59 Å². The number of ether oxygens (including phenoxy) is 1. The van der Waals surface area contributed by atoms with E-state index in [-0.39, 0.29) is 11.5 Å². The summed E-state index contributed by atoms with van der Waals surface area (Å²) in [5.41, 5.74) is 1.76. The van der Waals surface area contributed by atoms with Crippen molar-refractivity contribution in [3.8, 4) is 5.75 Å². The number of amides is 1. The summed E-state index contributed by atoms with van der Waals surface area (Å²) >= 11 is 6.04. The van der Waals surface area contributed by atoms with Gasteiger partial charge >= 0.3 is 0 Å². The third kappa shape index (κ3) is 5.63. The summed E-state index contributed by atoms with van der Waals surface area (Å²) in [5, 5.41) is 8.20. The van der Waals surface area contributed by atoms with Gasteiger partial charge in [-0.2, -0.15) is 5.10 Å². The maximum atomic E-state index is 12.9. The lowest BCUT2D eigenvalue weighted by Gasteiger charge is -2.09. The Balaban J connectivity index is 1.36. The average molecular weight is 480 g/mol. The van der Waals surface area contributed by atoms with E-state index in [1.165, 1.54) is 17.1 Å². The van der Waals surface area contributed by atoms with Crippen molar-refractivity contribution >= 4 is 28.5 Å². The van der Waals surface area contributed by atoms with Gasteiger partial charge in [0.1, 0.15) is 17.5 Å². The Morgan fingerprint density at radius 3 is 2.76 bits per heavy atom. The number of fused-ring (bicyclic) bond motifs is 1. The first kappa shape index (κ1) is 23.5. The van der Waals surface area contributed by atoms with Crippen molar-refractivity contribution in [1.29, 1.82) is 0 Å². The van der Waals surface area contributed by atoms with Crippen LogP contribution in [-0.2, 0) is 13.1 Å². The lowest BCUT2D eigenvalue weighted by atomic mass is 10.2. The largest absolute Gasteiger partial charge is 0.494 e. The van der Waals surface area contributed by atoms with Crippen LogP contribution in [0.3, 0.4) is 0 Å². The molecule has 8 nitrogen and oxygen atoms in total. The first-order valence-electron chi connectivity index (χ1n) is 11.2. The van der Waals surface area contributed by atoms with Gasteiger partial charge in [-0.15, -0.1) is 0 Å². The first-order valence-corrected chi connectivity index (χ1v) is 11.6. The van der Waals surface area contributed by atoms with Gasteiger partial charge in [0, 0.05) is 17.1 Å². The van der Waals surface area contributed by atoms with Crippen LogP contribution in [0.2, 0.25) is 5.02 Å². The topological polar surface area (TPSA) is 91.0 Å².